The van der Waals surface area contributed by atoms with Crippen LogP contribution in [0.15, 0.2) is 23.8 Å². The van der Waals surface area contributed by atoms with Gasteiger partial charge < -0.3 is 14.6 Å². The number of fused-ring (bicyclic) bond motifs is 1. The van der Waals surface area contributed by atoms with Gasteiger partial charge in [-0.2, -0.15) is 0 Å². The van der Waals surface area contributed by atoms with E-state index in [-0.39, 0.29) is 13.2 Å². The zero-order chi connectivity index (χ0) is 13.0. The molecule has 0 spiro atoms. The van der Waals surface area contributed by atoms with Crippen molar-refractivity contribution in [2.24, 2.45) is 0 Å². The van der Waals surface area contributed by atoms with E-state index < -0.39 is 5.97 Å². The maximum Gasteiger partial charge on any atom is 0.303 e. The topological polar surface area (TPSA) is 55.8 Å². The fourth-order valence-corrected chi connectivity index (χ4v) is 1.86. The Kier molecular flexibility index (Phi) is 3.87. The lowest BCUT2D eigenvalue weighted by Gasteiger charge is -2.04. The highest BCUT2D eigenvalue weighted by Crippen LogP contribution is 2.33. The molecule has 0 saturated carbocycles. The summed E-state index contributed by atoms with van der Waals surface area (Å²) in [6.45, 7) is 2.29. The van der Waals surface area contributed by atoms with Crippen LogP contribution in [-0.4, -0.2) is 17.9 Å². The number of carboxylic acid groups (broad SMARTS) is 1. The first kappa shape index (κ1) is 12.5. The smallest absolute Gasteiger partial charge is 0.303 e. The van der Waals surface area contributed by atoms with Crippen molar-refractivity contribution >= 4 is 12.0 Å². The summed E-state index contributed by atoms with van der Waals surface area (Å²) in [5.74, 6) is 0.744. The van der Waals surface area contributed by atoms with Crippen LogP contribution in [-0.2, 0) is 4.79 Å². The Morgan fingerprint density at radius 3 is 2.83 bits per heavy atom. The number of ether oxygens (including phenoxy) is 2. The van der Waals surface area contributed by atoms with Gasteiger partial charge in [0.25, 0.3) is 0 Å². The van der Waals surface area contributed by atoms with E-state index in [2.05, 4.69) is 0 Å². The third kappa shape index (κ3) is 3.03. The Bertz CT molecular complexity index is 477. The van der Waals surface area contributed by atoms with Crippen LogP contribution >= 0.6 is 0 Å². The average Bonchev–Trinajstić information content (AvgIpc) is 2.81. The predicted octanol–water partition coefficient (Wildman–Crippen LogP) is 3.07. The van der Waals surface area contributed by atoms with Crippen molar-refractivity contribution in [2.75, 3.05) is 6.79 Å². The standard InChI is InChI=1S/C14H16O4/c1-2-10(4-6-14(15)16)7-11-3-5-12-13(8-11)18-9-17-12/h3,5,7-8H,2,4,6,9H2,1H3,(H,15,16)/b10-7+. The molecule has 0 radical (unpaired) electrons. The summed E-state index contributed by atoms with van der Waals surface area (Å²) >= 11 is 0. The van der Waals surface area contributed by atoms with Crippen molar-refractivity contribution in [3.63, 3.8) is 0 Å². The molecule has 0 fully saturated rings. The molecule has 0 amide bonds. The second-order valence-electron chi connectivity index (χ2n) is 4.16. The molecule has 1 N–H and O–H groups in total. The lowest BCUT2D eigenvalue weighted by atomic mass is 10.0. The van der Waals surface area contributed by atoms with Gasteiger partial charge in [-0.25, -0.2) is 0 Å². The van der Waals surface area contributed by atoms with Gasteiger partial charge >= 0.3 is 5.97 Å². The van der Waals surface area contributed by atoms with Crippen molar-refractivity contribution in [3.05, 3.63) is 29.3 Å². The number of carboxylic acids is 1. The maximum absolute atomic E-state index is 10.6. The number of hydrogen-bond donors (Lipinski definition) is 1. The van der Waals surface area contributed by atoms with E-state index in [9.17, 15) is 4.79 Å². The number of rotatable bonds is 5. The van der Waals surface area contributed by atoms with E-state index in [1.807, 2.05) is 31.2 Å². The van der Waals surface area contributed by atoms with Crippen molar-refractivity contribution in [1.82, 2.24) is 0 Å². The number of hydrogen-bond acceptors (Lipinski definition) is 3. The summed E-state index contributed by atoms with van der Waals surface area (Å²) in [5.41, 5.74) is 2.14. The van der Waals surface area contributed by atoms with E-state index >= 15 is 0 Å². The molecule has 1 aliphatic heterocycles. The van der Waals surface area contributed by atoms with Crippen LogP contribution in [0.25, 0.3) is 6.08 Å². The highest BCUT2D eigenvalue weighted by atomic mass is 16.7. The molecule has 0 bridgehead atoms. The second kappa shape index (κ2) is 5.58. The molecule has 1 aromatic rings. The van der Waals surface area contributed by atoms with Gasteiger partial charge in [0.1, 0.15) is 0 Å². The van der Waals surface area contributed by atoms with Crippen LogP contribution in [0.1, 0.15) is 31.7 Å². The maximum atomic E-state index is 10.6. The van der Waals surface area contributed by atoms with Gasteiger partial charge in [0.05, 0.1) is 0 Å². The molecule has 96 valence electrons. The molecule has 18 heavy (non-hydrogen) atoms. The Labute approximate surface area is 106 Å². The molecule has 1 aliphatic rings. The van der Waals surface area contributed by atoms with Crippen LogP contribution in [0.2, 0.25) is 0 Å². The minimum Gasteiger partial charge on any atom is -0.481 e. The lowest BCUT2D eigenvalue weighted by Crippen LogP contribution is -1.95. The van der Waals surface area contributed by atoms with Gasteiger partial charge in [-0.15, -0.1) is 0 Å². The summed E-state index contributed by atoms with van der Waals surface area (Å²) in [6.07, 6.45) is 3.62. The third-order valence-corrected chi connectivity index (χ3v) is 2.88. The van der Waals surface area contributed by atoms with Crippen molar-refractivity contribution in [3.8, 4) is 11.5 Å². The van der Waals surface area contributed by atoms with E-state index in [1.165, 1.54) is 0 Å². The first-order chi connectivity index (χ1) is 8.69. The van der Waals surface area contributed by atoms with Gasteiger partial charge in [-0.3, -0.25) is 4.79 Å². The summed E-state index contributed by atoms with van der Waals surface area (Å²) in [4.78, 5) is 10.6. The summed E-state index contributed by atoms with van der Waals surface area (Å²) in [7, 11) is 0. The number of aliphatic carboxylic acids is 1. The molecule has 1 heterocycles. The van der Waals surface area contributed by atoms with Gasteiger partial charge in [0.2, 0.25) is 6.79 Å². The number of benzene rings is 1. The van der Waals surface area contributed by atoms with E-state index in [0.29, 0.717) is 6.42 Å². The quantitative estimate of drug-likeness (QED) is 0.870. The minimum atomic E-state index is -0.764. The summed E-state index contributed by atoms with van der Waals surface area (Å²) in [6, 6.07) is 5.74. The molecule has 4 heteroatoms. The molecule has 0 atom stereocenters. The Hall–Kier alpha value is -1.97. The minimum absolute atomic E-state index is 0.171. The van der Waals surface area contributed by atoms with E-state index in [0.717, 1.165) is 29.1 Å². The van der Waals surface area contributed by atoms with Crippen molar-refractivity contribution < 1.29 is 19.4 Å². The Morgan fingerprint density at radius 1 is 1.33 bits per heavy atom. The van der Waals surface area contributed by atoms with Crippen LogP contribution in [0.4, 0.5) is 0 Å². The first-order valence-corrected chi connectivity index (χ1v) is 6.00. The third-order valence-electron chi connectivity index (χ3n) is 2.88. The van der Waals surface area contributed by atoms with E-state index in [4.69, 9.17) is 14.6 Å². The Balaban J connectivity index is 2.12. The highest BCUT2D eigenvalue weighted by molar-refractivity contribution is 5.67. The van der Waals surface area contributed by atoms with Gasteiger partial charge in [0, 0.05) is 6.42 Å². The monoisotopic (exact) mass is 248 g/mol. The zero-order valence-electron chi connectivity index (χ0n) is 10.3. The second-order valence-corrected chi connectivity index (χ2v) is 4.16. The van der Waals surface area contributed by atoms with Crippen LogP contribution < -0.4 is 9.47 Å². The molecular formula is C14H16O4. The molecule has 2 rings (SSSR count). The van der Waals surface area contributed by atoms with Gasteiger partial charge in [-0.1, -0.05) is 24.6 Å². The average molecular weight is 248 g/mol. The molecule has 1 aromatic carbocycles. The molecule has 0 aromatic heterocycles. The largest absolute Gasteiger partial charge is 0.481 e. The molecule has 0 saturated heterocycles. The summed E-state index contributed by atoms with van der Waals surface area (Å²) < 4.78 is 10.5. The molecule has 4 nitrogen and oxygen atoms in total. The van der Waals surface area contributed by atoms with Crippen molar-refractivity contribution in [2.45, 2.75) is 26.2 Å². The zero-order valence-corrected chi connectivity index (χ0v) is 10.3. The Morgan fingerprint density at radius 2 is 2.11 bits per heavy atom. The fourth-order valence-electron chi connectivity index (χ4n) is 1.86. The van der Waals surface area contributed by atoms with Crippen LogP contribution in [0, 0.1) is 0 Å². The van der Waals surface area contributed by atoms with Crippen LogP contribution in [0.3, 0.4) is 0 Å². The van der Waals surface area contributed by atoms with Crippen LogP contribution in [0.5, 0.6) is 11.5 Å². The number of carbonyl (C=O) groups is 1. The number of allylic oxidation sites excluding steroid dienone is 1. The van der Waals surface area contributed by atoms with Gasteiger partial charge in [-0.05, 0) is 30.5 Å². The summed E-state index contributed by atoms with van der Waals surface area (Å²) in [5, 5.41) is 8.69. The predicted molar refractivity (Wildman–Crippen MR) is 67.7 cm³/mol. The molecule has 0 aliphatic carbocycles. The molecule has 0 unspecified atom stereocenters. The lowest BCUT2D eigenvalue weighted by molar-refractivity contribution is -0.136. The van der Waals surface area contributed by atoms with Crippen molar-refractivity contribution in [1.29, 1.82) is 0 Å². The SMILES string of the molecule is CC/C(=C\c1ccc2c(c1)OCO2)CCC(=O)O. The van der Waals surface area contributed by atoms with Gasteiger partial charge in [0.15, 0.2) is 11.5 Å². The fraction of sp³-hybridized carbons (Fsp3) is 0.357. The highest BCUT2D eigenvalue weighted by Gasteiger charge is 2.12. The normalized spacial score (nSPS) is 13.7. The van der Waals surface area contributed by atoms with E-state index in [1.54, 1.807) is 0 Å². The molecular weight excluding hydrogens is 232 g/mol. The first-order valence-electron chi connectivity index (χ1n) is 6.00.